The second-order valence-electron chi connectivity index (χ2n) is 6.87. The Labute approximate surface area is 147 Å². The molecule has 1 unspecified atom stereocenters. The lowest BCUT2D eigenvalue weighted by atomic mass is 9.91. The number of aromatic amines is 1. The topological polar surface area (TPSA) is 79.7 Å². The number of likely N-dealkylation sites (tertiary alicyclic amines) is 1. The van der Waals surface area contributed by atoms with Crippen LogP contribution in [0.3, 0.4) is 0 Å². The predicted octanol–water partition coefficient (Wildman–Crippen LogP) is 1.68. The molecule has 1 aliphatic heterocycles. The van der Waals surface area contributed by atoms with Gasteiger partial charge in [0.25, 0.3) is 5.56 Å². The molecule has 2 aromatic rings. The molecule has 1 aliphatic rings. The highest BCUT2D eigenvalue weighted by Gasteiger charge is 2.42. The summed E-state index contributed by atoms with van der Waals surface area (Å²) < 4.78 is 6.81. The van der Waals surface area contributed by atoms with Crippen LogP contribution in [-0.2, 0) is 16.0 Å². The first-order valence-corrected chi connectivity index (χ1v) is 8.87. The number of nitrogens with zero attached hydrogens (tertiary/aromatic N) is 3. The number of aromatic nitrogens is 3. The molecule has 3 heterocycles. The third kappa shape index (κ3) is 3.08. The van der Waals surface area contributed by atoms with Crippen LogP contribution in [0.2, 0.25) is 0 Å². The standard InChI is InChI=1S/C18H26N4O3/c1-4-7-18(12-25-3)8-5-10-21(18)16(23)11-14-13(2)20-15-6-9-19-22(15)17(14)24/h6,9,19H,4-5,7-8,10-12H2,1-3H3. The lowest BCUT2D eigenvalue weighted by Gasteiger charge is -2.38. The Morgan fingerprint density at radius 2 is 2.28 bits per heavy atom. The summed E-state index contributed by atoms with van der Waals surface area (Å²) in [6.07, 6.45) is 5.57. The van der Waals surface area contributed by atoms with Crippen LogP contribution >= 0.6 is 0 Å². The molecular weight excluding hydrogens is 320 g/mol. The molecule has 0 spiro atoms. The number of nitrogens with one attached hydrogen (secondary N) is 1. The molecule has 3 rings (SSSR count). The zero-order chi connectivity index (χ0) is 18.0. The van der Waals surface area contributed by atoms with Crippen molar-refractivity contribution >= 4 is 11.6 Å². The lowest BCUT2D eigenvalue weighted by molar-refractivity contribution is -0.137. The van der Waals surface area contributed by atoms with Crippen LogP contribution in [0.25, 0.3) is 5.65 Å². The van der Waals surface area contributed by atoms with Crippen LogP contribution < -0.4 is 5.56 Å². The Morgan fingerprint density at radius 1 is 1.48 bits per heavy atom. The van der Waals surface area contributed by atoms with Crippen molar-refractivity contribution in [2.24, 2.45) is 0 Å². The minimum Gasteiger partial charge on any atom is -0.382 e. The highest BCUT2D eigenvalue weighted by Crippen LogP contribution is 2.34. The van der Waals surface area contributed by atoms with Crippen molar-refractivity contribution < 1.29 is 9.53 Å². The number of carbonyl (C=O) groups is 1. The molecule has 0 saturated carbocycles. The maximum Gasteiger partial charge on any atom is 0.276 e. The van der Waals surface area contributed by atoms with Gasteiger partial charge in [0.1, 0.15) is 0 Å². The van der Waals surface area contributed by atoms with E-state index in [4.69, 9.17) is 4.74 Å². The minimum absolute atomic E-state index is 0.0171. The van der Waals surface area contributed by atoms with E-state index >= 15 is 0 Å². The second kappa shape index (κ2) is 7.00. The first-order chi connectivity index (χ1) is 12.0. The number of H-pyrrole nitrogens is 1. The molecule has 1 N–H and O–H groups in total. The molecule has 1 amide bonds. The summed E-state index contributed by atoms with van der Waals surface area (Å²) in [4.78, 5) is 32.1. The number of amides is 1. The number of aryl methyl sites for hydroxylation is 1. The van der Waals surface area contributed by atoms with Crippen LogP contribution in [0, 0.1) is 6.92 Å². The maximum atomic E-state index is 13.0. The van der Waals surface area contributed by atoms with E-state index in [1.54, 1.807) is 26.3 Å². The largest absolute Gasteiger partial charge is 0.382 e. The fraction of sp³-hybridized carbons (Fsp3) is 0.611. The lowest BCUT2D eigenvalue weighted by Crippen LogP contribution is -2.51. The molecule has 136 valence electrons. The summed E-state index contributed by atoms with van der Waals surface area (Å²) in [7, 11) is 1.68. The number of ether oxygens (including phenoxy) is 1. The molecule has 0 aliphatic carbocycles. The molecule has 7 heteroatoms. The van der Waals surface area contributed by atoms with Crippen molar-refractivity contribution in [3.8, 4) is 0 Å². The highest BCUT2D eigenvalue weighted by molar-refractivity contribution is 5.80. The maximum absolute atomic E-state index is 13.0. The molecule has 1 fully saturated rings. The monoisotopic (exact) mass is 346 g/mol. The smallest absolute Gasteiger partial charge is 0.276 e. The van der Waals surface area contributed by atoms with Gasteiger partial charge in [0.05, 0.1) is 18.6 Å². The van der Waals surface area contributed by atoms with Gasteiger partial charge in [0.15, 0.2) is 5.65 Å². The molecule has 0 bridgehead atoms. The summed E-state index contributed by atoms with van der Waals surface area (Å²) in [5.41, 5.74) is 1.20. The van der Waals surface area contributed by atoms with Crippen LogP contribution in [0.15, 0.2) is 17.1 Å². The molecule has 0 aromatic carbocycles. The van der Waals surface area contributed by atoms with Gasteiger partial charge < -0.3 is 9.64 Å². The van der Waals surface area contributed by atoms with Crippen molar-refractivity contribution in [2.75, 3.05) is 20.3 Å². The van der Waals surface area contributed by atoms with E-state index in [-0.39, 0.29) is 23.4 Å². The van der Waals surface area contributed by atoms with E-state index in [9.17, 15) is 9.59 Å². The fourth-order valence-electron chi connectivity index (χ4n) is 4.10. The van der Waals surface area contributed by atoms with Gasteiger partial charge in [-0.2, -0.15) is 0 Å². The van der Waals surface area contributed by atoms with Crippen molar-refractivity contribution in [1.29, 1.82) is 0 Å². The van der Waals surface area contributed by atoms with E-state index in [0.717, 1.165) is 32.2 Å². The van der Waals surface area contributed by atoms with E-state index in [0.29, 0.717) is 23.5 Å². The SMILES string of the molecule is CCCC1(COC)CCCN1C(=O)Cc1c(C)nc2cc[nH]n2c1=O. The molecule has 1 saturated heterocycles. The predicted molar refractivity (Wildman–Crippen MR) is 94.7 cm³/mol. The van der Waals surface area contributed by atoms with Gasteiger partial charge in [-0.05, 0) is 26.2 Å². The van der Waals surface area contributed by atoms with Crippen LogP contribution in [0.4, 0.5) is 0 Å². The highest BCUT2D eigenvalue weighted by atomic mass is 16.5. The van der Waals surface area contributed by atoms with Gasteiger partial charge in [0, 0.05) is 37.2 Å². The Morgan fingerprint density at radius 3 is 3.00 bits per heavy atom. The molecular formula is C18H26N4O3. The summed E-state index contributed by atoms with van der Waals surface area (Å²) in [5, 5.41) is 2.85. The summed E-state index contributed by atoms with van der Waals surface area (Å²) in [6, 6.07) is 1.74. The number of carbonyl (C=O) groups excluding carboxylic acids is 1. The first-order valence-electron chi connectivity index (χ1n) is 8.87. The van der Waals surface area contributed by atoms with Crippen LogP contribution in [0.1, 0.15) is 43.9 Å². The van der Waals surface area contributed by atoms with Crippen molar-refractivity contribution in [2.45, 2.75) is 51.5 Å². The number of rotatable bonds is 6. The van der Waals surface area contributed by atoms with Gasteiger partial charge in [0.2, 0.25) is 5.91 Å². The van der Waals surface area contributed by atoms with Gasteiger partial charge in [-0.25, -0.2) is 9.50 Å². The Kier molecular flexibility index (Phi) is 4.94. The van der Waals surface area contributed by atoms with E-state index in [1.807, 2.05) is 4.90 Å². The van der Waals surface area contributed by atoms with Gasteiger partial charge >= 0.3 is 0 Å². The molecule has 0 radical (unpaired) electrons. The average Bonchev–Trinajstić information content (AvgIpc) is 3.19. The van der Waals surface area contributed by atoms with Gasteiger partial charge in [-0.1, -0.05) is 13.3 Å². The van der Waals surface area contributed by atoms with Crippen molar-refractivity contribution in [1.82, 2.24) is 19.5 Å². The number of hydrogen-bond acceptors (Lipinski definition) is 4. The number of methoxy groups -OCH3 is 1. The Bertz CT molecular complexity index is 817. The van der Waals surface area contributed by atoms with Crippen molar-refractivity contribution in [3.63, 3.8) is 0 Å². The van der Waals surface area contributed by atoms with Gasteiger partial charge in [-0.3, -0.25) is 14.7 Å². The van der Waals surface area contributed by atoms with Crippen LogP contribution in [-0.4, -0.2) is 51.2 Å². The zero-order valence-corrected chi connectivity index (χ0v) is 15.2. The molecule has 1 atom stereocenters. The van der Waals surface area contributed by atoms with E-state index in [1.165, 1.54) is 4.52 Å². The summed E-state index contributed by atoms with van der Waals surface area (Å²) >= 11 is 0. The molecule has 7 nitrogen and oxygen atoms in total. The molecule has 25 heavy (non-hydrogen) atoms. The average molecular weight is 346 g/mol. The Balaban J connectivity index is 1.90. The van der Waals surface area contributed by atoms with E-state index in [2.05, 4.69) is 17.0 Å². The second-order valence-corrected chi connectivity index (χ2v) is 6.87. The third-order valence-corrected chi connectivity index (χ3v) is 5.20. The fourth-order valence-corrected chi connectivity index (χ4v) is 4.10. The number of fused-ring (bicyclic) bond motifs is 1. The molecule has 2 aromatic heterocycles. The minimum atomic E-state index is -0.241. The zero-order valence-electron chi connectivity index (χ0n) is 15.2. The number of hydrogen-bond donors (Lipinski definition) is 1. The Hall–Kier alpha value is -2.15. The summed E-state index contributed by atoms with van der Waals surface area (Å²) in [5.74, 6) is -0.0171. The first kappa shape index (κ1) is 17.7. The van der Waals surface area contributed by atoms with Crippen molar-refractivity contribution in [3.05, 3.63) is 33.9 Å². The third-order valence-electron chi connectivity index (χ3n) is 5.20. The van der Waals surface area contributed by atoms with E-state index < -0.39 is 0 Å². The quantitative estimate of drug-likeness (QED) is 0.863. The summed E-state index contributed by atoms with van der Waals surface area (Å²) in [6.45, 7) is 5.17. The normalized spacial score (nSPS) is 20.5. The van der Waals surface area contributed by atoms with Crippen LogP contribution in [0.5, 0.6) is 0 Å². The van der Waals surface area contributed by atoms with Gasteiger partial charge in [-0.15, -0.1) is 0 Å².